The molecule has 0 unspecified atom stereocenters. The Balaban J connectivity index is 1.91. The van der Waals surface area contributed by atoms with Crippen molar-refractivity contribution in [2.45, 2.75) is 38.6 Å². The fraction of sp³-hybridized carbons (Fsp3) is 0.467. The SMILES string of the molecule is CC1CCC(NC(=O)c2ccc(C=CC(=O)O)s2)CC1. The van der Waals surface area contributed by atoms with E-state index in [0.29, 0.717) is 4.88 Å². The molecule has 1 aromatic rings. The molecule has 0 aliphatic heterocycles. The van der Waals surface area contributed by atoms with Crippen LogP contribution < -0.4 is 5.32 Å². The van der Waals surface area contributed by atoms with Crippen molar-refractivity contribution in [2.75, 3.05) is 0 Å². The van der Waals surface area contributed by atoms with Gasteiger partial charge in [0.25, 0.3) is 5.91 Å². The first-order valence-corrected chi connectivity index (χ1v) is 7.68. The van der Waals surface area contributed by atoms with Crippen LogP contribution in [0.4, 0.5) is 0 Å². The summed E-state index contributed by atoms with van der Waals surface area (Å²) < 4.78 is 0. The molecule has 0 saturated heterocycles. The number of carbonyl (C=O) groups excluding carboxylic acids is 1. The summed E-state index contributed by atoms with van der Waals surface area (Å²) in [7, 11) is 0. The summed E-state index contributed by atoms with van der Waals surface area (Å²) in [4.78, 5) is 24.0. The lowest BCUT2D eigenvalue weighted by molar-refractivity contribution is -0.131. The van der Waals surface area contributed by atoms with Gasteiger partial charge in [-0.1, -0.05) is 6.92 Å². The van der Waals surface area contributed by atoms with Gasteiger partial charge in [-0.05, 0) is 49.8 Å². The van der Waals surface area contributed by atoms with Crippen LogP contribution in [0, 0.1) is 5.92 Å². The summed E-state index contributed by atoms with van der Waals surface area (Å²) in [5.74, 6) is -0.275. The van der Waals surface area contributed by atoms with E-state index in [2.05, 4.69) is 12.2 Å². The zero-order valence-electron chi connectivity index (χ0n) is 11.5. The number of hydrogen-bond acceptors (Lipinski definition) is 3. The van der Waals surface area contributed by atoms with Crippen molar-refractivity contribution in [3.8, 4) is 0 Å². The van der Waals surface area contributed by atoms with Crippen LogP contribution in [0.25, 0.3) is 6.08 Å². The van der Waals surface area contributed by atoms with Crippen LogP contribution in [0.5, 0.6) is 0 Å². The molecule has 0 radical (unpaired) electrons. The van der Waals surface area contributed by atoms with Crippen molar-refractivity contribution < 1.29 is 14.7 Å². The molecule has 0 aromatic carbocycles. The molecule has 0 bridgehead atoms. The molecule has 1 aliphatic carbocycles. The molecule has 108 valence electrons. The third-order valence-electron chi connectivity index (χ3n) is 3.59. The number of thiophene rings is 1. The first-order valence-electron chi connectivity index (χ1n) is 6.86. The van der Waals surface area contributed by atoms with Crippen LogP contribution in [0.3, 0.4) is 0 Å². The molecule has 1 aromatic heterocycles. The predicted octanol–water partition coefficient (Wildman–Crippen LogP) is 3.15. The Morgan fingerprint density at radius 1 is 1.30 bits per heavy atom. The summed E-state index contributed by atoms with van der Waals surface area (Å²) >= 11 is 1.31. The van der Waals surface area contributed by atoms with Crippen LogP contribution in [0.1, 0.15) is 47.2 Å². The monoisotopic (exact) mass is 293 g/mol. The van der Waals surface area contributed by atoms with Crippen LogP contribution in [-0.2, 0) is 4.79 Å². The van der Waals surface area contributed by atoms with E-state index in [4.69, 9.17) is 5.11 Å². The van der Waals surface area contributed by atoms with E-state index in [9.17, 15) is 9.59 Å². The second-order valence-corrected chi connectivity index (χ2v) is 6.42. The Labute approximate surface area is 122 Å². The lowest BCUT2D eigenvalue weighted by atomic mass is 9.87. The van der Waals surface area contributed by atoms with E-state index in [1.807, 2.05) is 0 Å². The number of amides is 1. The number of aliphatic carboxylic acids is 1. The topological polar surface area (TPSA) is 66.4 Å². The van der Waals surface area contributed by atoms with Crippen molar-refractivity contribution in [1.29, 1.82) is 0 Å². The Hall–Kier alpha value is -1.62. The van der Waals surface area contributed by atoms with E-state index >= 15 is 0 Å². The minimum Gasteiger partial charge on any atom is -0.478 e. The number of carboxylic acid groups (broad SMARTS) is 1. The van der Waals surface area contributed by atoms with Gasteiger partial charge in [-0.2, -0.15) is 0 Å². The van der Waals surface area contributed by atoms with Gasteiger partial charge in [0.1, 0.15) is 0 Å². The van der Waals surface area contributed by atoms with Crippen molar-refractivity contribution in [3.05, 3.63) is 28.0 Å². The second kappa shape index (κ2) is 6.70. The van der Waals surface area contributed by atoms with E-state index < -0.39 is 5.97 Å². The molecule has 5 heteroatoms. The molecule has 2 rings (SSSR count). The fourth-order valence-electron chi connectivity index (χ4n) is 2.38. The second-order valence-electron chi connectivity index (χ2n) is 5.30. The molecule has 1 amide bonds. The standard InChI is InChI=1S/C15H19NO3S/c1-10-2-4-11(5-3-10)16-15(19)13-8-6-12(20-13)7-9-14(17)18/h6-11H,2-5H2,1H3,(H,16,19)(H,17,18). The van der Waals surface area contributed by atoms with Gasteiger partial charge in [0.05, 0.1) is 4.88 Å². The summed E-state index contributed by atoms with van der Waals surface area (Å²) in [5, 5.41) is 11.6. The number of nitrogens with one attached hydrogen (secondary N) is 1. The molecule has 2 N–H and O–H groups in total. The lowest BCUT2D eigenvalue weighted by Gasteiger charge is -2.26. The Morgan fingerprint density at radius 2 is 2.00 bits per heavy atom. The van der Waals surface area contributed by atoms with Gasteiger partial charge in [-0.3, -0.25) is 4.79 Å². The molecule has 0 atom stereocenters. The lowest BCUT2D eigenvalue weighted by Crippen LogP contribution is -2.36. The summed E-state index contributed by atoms with van der Waals surface area (Å²) in [6.07, 6.45) is 7.01. The van der Waals surface area contributed by atoms with Crippen LogP contribution in [-0.4, -0.2) is 23.0 Å². The maximum Gasteiger partial charge on any atom is 0.328 e. The number of rotatable bonds is 4. The van der Waals surface area contributed by atoms with E-state index in [1.165, 1.54) is 30.3 Å². The van der Waals surface area contributed by atoms with Gasteiger partial charge in [-0.25, -0.2) is 4.79 Å². The van der Waals surface area contributed by atoms with Gasteiger partial charge in [0.15, 0.2) is 0 Å². The van der Waals surface area contributed by atoms with Crippen molar-refractivity contribution >= 4 is 29.3 Å². The Kier molecular flexibility index (Phi) is 4.95. The van der Waals surface area contributed by atoms with Gasteiger partial charge in [0.2, 0.25) is 0 Å². The normalized spacial score (nSPS) is 22.9. The average Bonchev–Trinajstić information content (AvgIpc) is 2.88. The van der Waals surface area contributed by atoms with Crippen molar-refractivity contribution in [3.63, 3.8) is 0 Å². The molecule has 20 heavy (non-hydrogen) atoms. The van der Waals surface area contributed by atoms with Crippen molar-refractivity contribution in [1.82, 2.24) is 5.32 Å². The highest BCUT2D eigenvalue weighted by molar-refractivity contribution is 7.14. The third-order valence-corrected chi connectivity index (χ3v) is 4.64. The maximum atomic E-state index is 12.1. The van der Waals surface area contributed by atoms with Gasteiger partial charge < -0.3 is 10.4 Å². The molecule has 4 nitrogen and oxygen atoms in total. The largest absolute Gasteiger partial charge is 0.478 e. The quantitative estimate of drug-likeness (QED) is 0.838. The summed E-state index contributed by atoms with van der Waals surface area (Å²) in [6.45, 7) is 2.25. The predicted molar refractivity (Wildman–Crippen MR) is 79.9 cm³/mol. The first-order chi connectivity index (χ1) is 9.54. The highest BCUT2D eigenvalue weighted by atomic mass is 32.1. The Morgan fingerprint density at radius 3 is 2.65 bits per heavy atom. The molecule has 1 fully saturated rings. The average molecular weight is 293 g/mol. The summed E-state index contributed by atoms with van der Waals surface area (Å²) in [6, 6.07) is 3.79. The number of hydrogen-bond donors (Lipinski definition) is 2. The molecule has 1 heterocycles. The number of carboxylic acids is 1. The van der Waals surface area contributed by atoms with E-state index in [0.717, 1.165) is 29.7 Å². The highest BCUT2D eigenvalue weighted by Gasteiger charge is 2.20. The molecular formula is C15H19NO3S. The van der Waals surface area contributed by atoms with Crippen molar-refractivity contribution in [2.24, 2.45) is 5.92 Å². The van der Waals surface area contributed by atoms with Gasteiger partial charge in [-0.15, -0.1) is 11.3 Å². The minimum absolute atomic E-state index is 0.0514. The van der Waals surface area contributed by atoms with Gasteiger partial charge in [0, 0.05) is 17.0 Å². The molecule has 1 aliphatic rings. The minimum atomic E-state index is -0.985. The van der Waals surface area contributed by atoms with Crippen LogP contribution in [0.15, 0.2) is 18.2 Å². The molecule has 1 saturated carbocycles. The van der Waals surface area contributed by atoms with Crippen LogP contribution in [0.2, 0.25) is 0 Å². The zero-order valence-corrected chi connectivity index (χ0v) is 12.3. The van der Waals surface area contributed by atoms with E-state index in [-0.39, 0.29) is 11.9 Å². The Bertz CT molecular complexity index is 513. The van der Waals surface area contributed by atoms with E-state index in [1.54, 1.807) is 12.1 Å². The third kappa shape index (κ3) is 4.20. The maximum absolute atomic E-state index is 12.1. The smallest absolute Gasteiger partial charge is 0.328 e. The summed E-state index contributed by atoms with van der Waals surface area (Å²) in [5.41, 5.74) is 0. The molecular weight excluding hydrogens is 274 g/mol. The first kappa shape index (κ1) is 14.8. The highest BCUT2D eigenvalue weighted by Crippen LogP contribution is 2.24. The number of carbonyl (C=O) groups is 2. The fourth-order valence-corrected chi connectivity index (χ4v) is 3.19. The molecule has 0 spiro atoms. The van der Waals surface area contributed by atoms with Gasteiger partial charge >= 0.3 is 5.97 Å². The van der Waals surface area contributed by atoms with Crippen LogP contribution >= 0.6 is 11.3 Å². The zero-order chi connectivity index (χ0) is 14.5.